The lowest BCUT2D eigenvalue weighted by Gasteiger charge is -2.32. The number of hydrogen-bond acceptors (Lipinski definition) is 4. The summed E-state index contributed by atoms with van der Waals surface area (Å²) in [4.78, 5) is 14.7. The van der Waals surface area contributed by atoms with E-state index in [1.807, 2.05) is 50.3 Å². The number of carbonyl (C=O) groups excluding carboxylic acids is 1. The van der Waals surface area contributed by atoms with Gasteiger partial charge in [0.2, 0.25) is 0 Å². The van der Waals surface area contributed by atoms with E-state index in [2.05, 4.69) is 35.3 Å². The molecular formula is C24H30N2O3. The number of morpholine rings is 1. The number of allylic oxidation sites excluding steroid dienone is 3. The van der Waals surface area contributed by atoms with Crippen LogP contribution >= 0.6 is 0 Å². The number of fused-ring (bicyclic) bond motifs is 1. The van der Waals surface area contributed by atoms with Gasteiger partial charge < -0.3 is 14.8 Å². The van der Waals surface area contributed by atoms with Crippen LogP contribution in [0.5, 0.6) is 5.75 Å². The van der Waals surface area contributed by atoms with E-state index in [4.69, 9.17) is 9.47 Å². The molecule has 1 heterocycles. The molecule has 1 amide bonds. The van der Waals surface area contributed by atoms with Crippen molar-refractivity contribution in [3.05, 3.63) is 65.9 Å². The van der Waals surface area contributed by atoms with E-state index in [0.717, 1.165) is 29.9 Å². The minimum atomic E-state index is -0.468. The number of carbonyl (C=O) groups is 1. The van der Waals surface area contributed by atoms with E-state index in [9.17, 15) is 4.79 Å². The van der Waals surface area contributed by atoms with E-state index in [1.165, 1.54) is 10.9 Å². The molecule has 154 valence electrons. The predicted octanol–water partition coefficient (Wildman–Crippen LogP) is 3.82. The molecule has 0 saturated carbocycles. The Morgan fingerprint density at radius 1 is 1.24 bits per heavy atom. The highest BCUT2D eigenvalue weighted by Crippen LogP contribution is 2.28. The third-order valence-corrected chi connectivity index (χ3v) is 5.13. The first kappa shape index (κ1) is 21.1. The van der Waals surface area contributed by atoms with Crippen molar-refractivity contribution in [1.82, 2.24) is 10.2 Å². The van der Waals surface area contributed by atoms with Gasteiger partial charge in [0, 0.05) is 30.7 Å². The summed E-state index contributed by atoms with van der Waals surface area (Å²) in [5.41, 5.74) is 2.03. The van der Waals surface area contributed by atoms with Crippen LogP contribution in [0.3, 0.4) is 0 Å². The molecule has 0 radical (unpaired) electrons. The van der Waals surface area contributed by atoms with Gasteiger partial charge >= 0.3 is 0 Å². The second-order valence-electron chi connectivity index (χ2n) is 7.17. The van der Waals surface area contributed by atoms with Crippen molar-refractivity contribution in [3.8, 4) is 5.75 Å². The number of nitrogens with zero attached hydrogens (tertiary/aromatic N) is 1. The van der Waals surface area contributed by atoms with Crippen LogP contribution in [0.25, 0.3) is 10.8 Å². The summed E-state index contributed by atoms with van der Waals surface area (Å²) < 4.78 is 11.8. The molecule has 5 heteroatoms. The maximum Gasteiger partial charge on any atom is 0.254 e. The number of rotatable bonds is 7. The molecule has 2 aromatic carbocycles. The number of hydrogen-bond donors (Lipinski definition) is 1. The lowest BCUT2D eigenvalue weighted by Crippen LogP contribution is -2.50. The Morgan fingerprint density at radius 3 is 2.79 bits per heavy atom. The SMILES string of the molecule is C/C=C\C(=C/C)NC(=O)C1CN(CCOc2ccc(C)c3ccccc23)CCO1. The van der Waals surface area contributed by atoms with Crippen LogP contribution < -0.4 is 10.1 Å². The molecule has 0 aliphatic carbocycles. The van der Waals surface area contributed by atoms with E-state index in [-0.39, 0.29) is 5.91 Å². The van der Waals surface area contributed by atoms with Gasteiger partial charge in [-0.1, -0.05) is 42.5 Å². The summed E-state index contributed by atoms with van der Waals surface area (Å²) in [7, 11) is 0. The summed E-state index contributed by atoms with van der Waals surface area (Å²) in [6.07, 6.45) is 5.18. The van der Waals surface area contributed by atoms with Crippen LogP contribution in [-0.4, -0.2) is 49.8 Å². The van der Waals surface area contributed by atoms with E-state index < -0.39 is 6.10 Å². The van der Waals surface area contributed by atoms with Crippen molar-refractivity contribution < 1.29 is 14.3 Å². The third-order valence-electron chi connectivity index (χ3n) is 5.13. The first-order valence-electron chi connectivity index (χ1n) is 10.2. The second-order valence-corrected chi connectivity index (χ2v) is 7.17. The Kier molecular flexibility index (Phi) is 7.44. The quantitative estimate of drug-likeness (QED) is 0.726. The van der Waals surface area contributed by atoms with Gasteiger partial charge in [-0.2, -0.15) is 0 Å². The number of ether oxygens (including phenoxy) is 2. The van der Waals surface area contributed by atoms with E-state index in [1.54, 1.807) is 0 Å². The van der Waals surface area contributed by atoms with Gasteiger partial charge in [-0.25, -0.2) is 0 Å². The molecule has 5 nitrogen and oxygen atoms in total. The third kappa shape index (κ3) is 5.46. The Bertz CT molecular complexity index is 904. The predicted molar refractivity (Wildman–Crippen MR) is 117 cm³/mol. The zero-order valence-electron chi connectivity index (χ0n) is 17.5. The fourth-order valence-corrected chi connectivity index (χ4v) is 3.51. The highest BCUT2D eigenvalue weighted by atomic mass is 16.5. The fraction of sp³-hybridized carbons (Fsp3) is 0.375. The summed E-state index contributed by atoms with van der Waals surface area (Å²) in [6, 6.07) is 12.4. The molecule has 1 aliphatic heterocycles. The Hall–Kier alpha value is -2.63. The smallest absolute Gasteiger partial charge is 0.254 e. The number of benzene rings is 2. The zero-order chi connectivity index (χ0) is 20.6. The minimum absolute atomic E-state index is 0.105. The average molecular weight is 395 g/mol. The molecule has 1 saturated heterocycles. The van der Waals surface area contributed by atoms with Crippen LogP contribution in [0.1, 0.15) is 19.4 Å². The van der Waals surface area contributed by atoms with Gasteiger partial charge in [0.1, 0.15) is 18.5 Å². The van der Waals surface area contributed by atoms with Gasteiger partial charge in [0.25, 0.3) is 5.91 Å². The maximum absolute atomic E-state index is 12.5. The molecular weight excluding hydrogens is 364 g/mol. The molecule has 1 unspecified atom stereocenters. The molecule has 29 heavy (non-hydrogen) atoms. The largest absolute Gasteiger partial charge is 0.492 e. The number of nitrogens with one attached hydrogen (secondary N) is 1. The van der Waals surface area contributed by atoms with Crippen LogP contribution in [0.4, 0.5) is 0 Å². The molecule has 0 spiro atoms. The fourth-order valence-electron chi connectivity index (χ4n) is 3.51. The lowest BCUT2D eigenvalue weighted by molar-refractivity contribution is -0.137. The van der Waals surface area contributed by atoms with Gasteiger partial charge in [0.05, 0.1) is 6.61 Å². The van der Waals surface area contributed by atoms with Crippen LogP contribution in [0.2, 0.25) is 0 Å². The van der Waals surface area contributed by atoms with Gasteiger partial charge in [-0.05, 0) is 43.9 Å². The highest BCUT2D eigenvalue weighted by Gasteiger charge is 2.26. The molecule has 0 bridgehead atoms. The number of amides is 1. The lowest BCUT2D eigenvalue weighted by atomic mass is 10.1. The second kappa shape index (κ2) is 10.2. The van der Waals surface area contributed by atoms with Crippen molar-refractivity contribution in [3.63, 3.8) is 0 Å². The average Bonchev–Trinajstić information content (AvgIpc) is 2.75. The topological polar surface area (TPSA) is 50.8 Å². The van der Waals surface area contributed by atoms with Crippen molar-refractivity contribution in [2.45, 2.75) is 26.9 Å². The van der Waals surface area contributed by atoms with Crippen LogP contribution in [-0.2, 0) is 9.53 Å². The molecule has 1 fully saturated rings. The van der Waals surface area contributed by atoms with Gasteiger partial charge in [0.15, 0.2) is 0 Å². The summed E-state index contributed by atoms with van der Waals surface area (Å²) in [6.45, 7) is 9.16. The molecule has 2 aromatic rings. The normalized spacial score (nSPS) is 18.3. The highest BCUT2D eigenvalue weighted by molar-refractivity contribution is 5.90. The Labute approximate surface area is 173 Å². The van der Waals surface area contributed by atoms with Crippen molar-refractivity contribution in [2.75, 3.05) is 32.8 Å². The first-order chi connectivity index (χ1) is 14.1. The standard InChI is InChI=1S/C24H30N2O3/c1-4-8-19(5-2)25-24(27)23-17-26(14-16-29-23)13-15-28-22-12-11-18(3)20-9-6-7-10-21(20)22/h4-12,23H,13-17H2,1-3H3,(H,25,27)/b8-4-,19-5+. The van der Waals surface area contributed by atoms with Crippen molar-refractivity contribution >= 4 is 16.7 Å². The first-order valence-corrected chi connectivity index (χ1v) is 10.2. The molecule has 1 atom stereocenters. The number of aryl methyl sites for hydroxylation is 1. The summed E-state index contributed by atoms with van der Waals surface area (Å²) in [5.74, 6) is 0.796. The van der Waals surface area contributed by atoms with Crippen LogP contribution in [0.15, 0.2) is 60.3 Å². The molecule has 1 aliphatic rings. The molecule has 0 aromatic heterocycles. The minimum Gasteiger partial charge on any atom is -0.492 e. The van der Waals surface area contributed by atoms with E-state index in [0.29, 0.717) is 19.8 Å². The van der Waals surface area contributed by atoms with Crippen molar-refractivity contribution in [1.29, 1.82) is 0 Å². The summed E-state index contributed by atoms with van der Waals surface area (Å²) >= 11 is 0. The van der Waals surface area contributed by atoms with E-state index >= 15 is 0 Å². The molecule has 1 N–H and O–H groups in total. The Morgan fingerprint density at radius 2 is 2.03 bits per heavy atom. The summed E-state index contributed by atoms with van der Waals surface area (Å²) in [5, 5.41) is 5.27. The Balaban J connectivity index is 1.54. The maximum atomic E-state index is 12.5. The monoisotopic (exact) mass is 394 g/mol. The van der Waals surface area contributed by atoms with Crippen molar-refractivity contribution in [2.24, 2.45) is 0 Å². The molecule has 3 rings (SSSR count). The van der Waals surface area contributed by atoms with Gasteiger partial charge in [-0.15, -0.1) is 0 Å². The van der Waals surface area contributed by atoms with Crippen LogP contribution in [0, 0.1) is 6.92 Å². The van der Waals surface area contributed by atoms with Gasteiger partial charge in [-0.3, -0.25) is 9.69 Å². The zero-order valence-corrected chi connectivity index (χ0v) is 17.5.